The first kappa shape index (κ1) is 12.4. The molecule has 1 unspecified atom stereocenters. The molecule has 0 aromatic rings. The zero-order valence-corrected chi connectivity index (χ0v) is 10.7. The van der Waals surface area contributed by atoms with E-state index in [-0.39, 0.29) is 11.6 Å². The number of hydrogen-bond donors (Lipinski definition) is 1. The first-order valence-corrected chi connectivity index (χ1v) is 7.23. The molecule has 1 heterocycles. The smallest absolute Gasteiger partial charge is 0.0723 e. The van der Waals surface area contributed by atoms with Gasteiger partial charge in [-0.3, -0.25) is 4.90 Å². The lowest BCUT2D eigenvalue weighted by molar-refractivity contribution is -0.0423. The van der Waals surface area contributed by atoms with Crippen LogP contribution in [0.4, 0.5) is 0 Å². The van der Waals surface area contributed by atoms with E-state index in [1.807, 2.05) is 0 Å². The number of likely N-dealkylation sites (tertiary alicyclic amines) is 1. The van der Waals surface area contributed by atoms with E-state index in [4.69, 9.17) is 0 Å². The SMILES string of the molecule is CCCC(O)C1(N2CCCCC2)CCCC1. The molecule has 2 nitrogen and oxygen atoms in total. The highest BCUT2D eigenvalue weighted by molar-refractivity contribution is 5.00. The van der Waals surface area contributed by atoms with Crippen molar-refractivity contribution >= 4 is 0 Å². The van der Waals surface area contributed by atoms with E-state index in [0.29, 0.717) is 0 Å². The minimum Gasteiger partial charge on any atom is -0.391 e. The molecule has 1 N–H and O–H groups in total. The second kappa shape index (κ2) is 5.50. The summed E-state index contributed by atoms with van der Waals surface area (Å²) >= 11 is 0. The molecule has 0 aromatic heterocycles. The Bertz CT molecular complexity index is 205. The molecule has 0 aromatic carbocycles. The third-order valence-electron chi connectivity index (χ3n) is 4.64. The van der Waals surface area contributed by atoms with Gasteiger partial charge in [-0.15, -0.1) is 0 Å². The van der Waals surface area contributed by atoms with Gasteiger partial charge in [0.05, 0.1) is 6.10 Å². The Balaban J connectivity index is 2.07. The number of aliphatic hydroxyl groups excluding tert-OH is 1. The second-order valence-electron chi connectivity index (χ2n) is 5.66. The first-order chi connectivity index (χ1) is 7.79. The highest BCUT2D eigenvalue weighted by Gasteiger charge is 2.44. The van der Waals surface area contributed by atoms with Crippen LogP contribution < -0.4 is 0 Å². The normalized spacial score (nSPS) is 28.1. The van der Waals surface area contributed by atoms with Crippen molar-refractivity contribution < 1.29 is 5.11 Å². The Labute approximate surface area is 100 Å². The summed E-state index contributed by atoms with van der Waals surface area (Å²) in [6.07, 6.45) is 11.2. The molecule has 1 aliphatic carbocycles. The molecule has 2 aliphatic rings. The average molecular weight is 225 g/mol. The van der Waals surface area contributed by atoms with E-state index in [1.54, 1.807) is 0 Å². The van der Waals surface area contributed by atoms with E-state index < -0.39 is 0 Å². The summed E-state index contributed by atoms with van der Waals surface area (Å²) in [6.45, 7) is 4.63. The van der Waals surface area contributed by atoms with Crippen LogP contribution in [0.3, 0.4) is 0 Å². The van der Waals surface area contributed by atoms with Crippen molar-refractivity contribution in [2.24, 2.45) is 0 Å². The lowest BCUT2D eigenvalue weighted by atomic mass is 9.84. The van der Waals surface area contributed by atoms with Gasteiger partial charge in [-0.1, -0.05) is 32.6 Å². The summed E-state index contributed by atoms with van der Waals surface area (Å²) in [5.41, 5.74) is 0.163. The molecular weight excluding hydrogens is 198 g/mol. The largest absolute Gasteiger partial charge is 0.391 e. The lowest BCUT2D eigenvalue weighted by Crippen LogP contribution is -2.56. The van der Waals surface area contributed by atoms with Crippen molar-refractivity contribution in [3.8, 4) is 0 Å². The van der Waals surface area contributed by atoms with Crippen molar-refractivity contribution in [2.45, 2.75) is 76.4 Å². The van der Waals surface area contributed by atoms with E-state index in [1.165, 1.54) is 58.0 Å². The van der Waals surface area contributed by atoms with Crippen LogP contribution in [0.2, 0.25) is 0 Å². The third-order valence-corrected chi connectivity index (χ3v) is 4.64. The van der Waals surface area contributed by atoms with Gasteiger partial charge in [0.1, 0.15) is 0 Å². The fourth-order valence-corrected chi connectivity index (χ4v) is 3.73. The zero-order valence-electron chi connectivity index (χ0n) is 10.7. The van der Waals surface area contributed by atoms with E-state index >= 15 is 0 Å². The number of hydrogen-bond acceptors (Lipinski definition) is 2. The zero-order chi connectivity index (χ0) is 11.4. The Morgan fingerprint density at radius 1 is 1.06 bits per heavy atom. The van der Waals surface area contributed by atoms with Gasteiger partial charge in [0.25, 0.3) is 0 Å². The third kappa shape index (κ3) is 2.28. The summed E-state index contributed by atoms with van der Waals surface area (Å²) in [5.74, 6) is 0. The van der Waals surface area contributed by atoms with Crippen LogP contribution in [0.1, 0.15) is 64.7 Å². The Hall–Kier alpha value is -0.0800. The fraction of sp³-hybridized carbons (Fsp3) is 1.00. The molecular formula is C14H27NO. The van der Waals surface area contributed by atoms with Gasteiger partial charge in [-0.25, -0.2) is 0 Å². The van der Waals surface area contributed by atoms with Crippen LogP contribution in [0.15, 0.2) is 0 Å². The van der Waals surface area contributed by atoms with Gasteiger partial charge in [0.2, 0.25) is 0 Å². The molecule has 1 aliphatic heterocycles. The molecule has 16 heavy (non-hydrogen) atoms. The second-order valence-corrected chi connectivity index (χ2v) is 5.66. The maximum absolute atomic E-state index is 10.5. The number of aliphatic hydroxyl groups is 1. The van der Waals surface area contributed by atoms with Gasteiger partial charge in [0.15, 0.2) is 0 Å². The van der Waals surface area contributed by atoms with Gasteiger partial charge < -0.3 is 5.11 Å². The van der Waals surface area contributed by atoms with Crippen molar-refractivity contribution in [2.75, 3.05) is 13.1 Å². The molecule has 2 fully saturated rings. The van der Waals surface area contributed by atoms with Gasteiger partial charge in [-0.05, 0) is 45.2 Å². The standard InChI is InChI=1S/C14H27NO/c1-2-8-13(16)14(9-4-5-10-14)15-11-6-3-7-12-15/h13,16H,2-12H2,1H3. The van der Waals surface area contributed by atoms with Crippen LogP contribution in [0, 0.1) is 0 Å². The molecule has 0 amide bonds. The molecule has 1 saturated carbocycles. The first-order valence-electron chi connectivity index (χ1n) is 7.23. The highest BCUT2D eigenvalue weighted by atomic mass is 16.3. The maximum Gasteiger partial charge on any atom is 0.0723 e. The van der Waals surface area contributed by atoms with Crippen LogP contribution in [-0.2, 0) is 0 Å². The molecule has 2 rings (SSSR count). The van der Waals surface area contributed by atoms with Gasteiger partial charge >= 0.3 is 0 Å². The Kier molecular flexibility index (Phi) is 4.26. The number of piperidine rings is 1. The highest BCUT2D eigenvalue weighted by Crippen LogP contribution is 2.40. The Morgan fingerprint density at radius 2 is 1.69 bits per heavy atom. The lowest BCUT2D eigenvalue weighted by Gasteiger charge is -2.46. The topological polar surface area (TPSA) is 23.5 Å². The van der Waals surface area contributed by atoms with Crippen molar-refractivity contribution in [3.05, 3.63) is 0 Å². The molecule has 1 atom stereocenters. The number of nitrogens with zero attached hydrogens (tertiary/aromatic N) is 1. The minimum absolute atomic E-state index is 0.0851. The predicted octanol–water partition coefficient (Wildman–Crippen LogP) is 2.95. The quantitative estimate of drug-likeness (QED) is 0.795. The van der Waals surface area contributed by atoms with Gasteiger partial charge in [-0.2, -0.15) is 0 Å². The van der Waals surface area contributed by atoms with Gasteiger partial charge in [0, 0.05) is 5.54 Å². The summed E-state index contributed by atoms with van der Waals surface area (Å²) < 4.78 is 0. The summed E-state index contributed by atoms with van der Waals surface area (Å²) in [7, 11) is 0. The minimum atomic E-state index is -0.0851. The molecule has 0 spiro atoms. The molecule has 0 bridgehead atoms. The fourth-order valence-electron chi connectivity index (χ4n) is 3.73. The van der Waals surface area contributed by atoms with Crippen molar-refractivity contribution in [1.82, 2.24) is 4.90 Å². The molecule has 2 heteroatoms. The average Bonchev–Trinajstić information content (AvgIpc) is 2.81. The van der Waals surface area contributed by atoms with Crippen LogP contribution in [-0.4, -0.2) is 34.7 Å². The van der Waals surface area contributed by atoms with E-state index in [2.05, 4.69) is 11.8 Å². The number of rotatable bonds is 4. The van der Waals surface area contributed by atoms with Crippen molar-refractivity contribution in [3.63, 3.8) is 0 Å². The summed E-state index contributed by atoms with van der Waals surface area (Å²) in [5, 5.41) is 10.5. The van der Waals surface area contributed by atoms with Crippen LogP contribution in [0.5, 0.6) is 0 Å². The van der Waals surface area contributed by atoms with Crippen molar-refractivity contribution in [1.29, 1.82) is 0 Å². The molecule has 1 saturated heterocycles. The summed E-state index contributed by atoms with van der Waals surface area (Å²) in [6, 6.07) is 0. The van der Waals surface area contributed by atoms with Crippen LogP contribution >= 0.6 is 0 Å². The molecule has 94 valence electrons. The van der Waals surface area contributed by atoms with E-state index in [9.17, 15) is 5.11 Å². The van der Waals surface area contributed by atoms with E-state index in [0.717, 1.165) is 12.8 Å². The van der Waals surface area contributed by atoms with Crippen LogP contribution in [0.25, 0.3) is 0 Å². The summed E-state index contributed by atoms with van der Waals surface area (Å²) in [4.78, 5) is 2.63. The monoisotopic (exact) mass is 225 g/mol. The Morgan fingerprint density at radius 3 is 2.25 bits per heavy atom. The molecule has 0 radical (unpaired) electrons. The predicted molar refractivity (Wildman–Crippen MR) is 67.5 cm³/mol. The maximum atomic E-state index is 10.5.